The lowest BCUT2D eigenvalue weighted by molar-refractivity contribution is 0.466. The topological polar surface area (TPSA) is 76.7 Å². The van der Waals surface area contributed by atoms with Crippen LogP contribution in [0.4, 0.5) is 0 Å². The molecule has 0 unspecified atom stereocenters. The van der Waals surface area contributed by atoms with Gasteiger partial charge < -0.3 is 5.11 Å². The molecule has 2 aromatic rings. The number of benzene rings is 1. The van der Waals surface area contributed by atoms with E-state index in [0.717, 1.165) is 16.8 Å². The number of aromatic hydroxyl groups is 1. The molecule has 14 heavy (non-hydrogen) atoms. The third kappa shape index (κ3) is 1.30. The quantitative estimate of drug-likeness (QED) is 0.705. The molecule has 0 spiro atoms. The minimum Gasteiger partial charge on any atom is -0.507 e. The van der Waals surface area contributed by atoms with Gasteiger partial charge in [-0.2, -0.15) is 0 Å². The maximum absolute atomic E-state index is 9.55. The van der Waals surface area contributed by atoms with E-state index < -0.39 is 0 Å². The lowest BCUT2D eigenvalue weighted by atomic mass is 10.1. The lowest BCUT2D eigenvalue weighted by Crippen LogP contribution is -2.00. The van der Waals surface area contributed by atoms with Gasteiger partial charge in [0.25, 0.3) is 0 Å². The molecule has 1 heterocycles. The maximum Gasteiger partial charge on any atom is 0.121 e. The fourth-order valence-electron chi connectivity index (χ4n) is 1.28. The van der Waals surface area contributed by atoms with Gasteiger partial charge in [0.05, 0.1) is 5.69 Å². The van der Waals surface area contributed by atoms with Crippen LogP contribution in [0.1, 0.15) is 11.1 Å². The summed E-state index contributed by atoms with van der Waals surface area (Å²) in [5.41, 5.74) is 2.29. The van der Waals surface area contributed by atoms with Gasteiger partial charge in [0.1, 0.15) is 5.75 Å². The number of rotatable bonds is 1. The van der Waals surface area contributed by atoms with Gasteiger partial charge in [-0.1, -0.05) is 0 Å². The van der Waals surface area contributed by atoms with Crippen LogP contribution in [-0.2, 0) is 0 Å². The number of phenolic OH excluding ortho intramolecular Hbond substituents is 1. The Morgan fingerprint density at radius 2 is 1.57 bits per heavy atom. The van der Waals surface area contributed by atoms with Crippen molar-refractivity contribution in [2.45, 2.75) is 13.8 Å². The molecule has 0 radical (unpaired) electrons. The first-order valence-electron chi connectivity index (χ1n) is 4.10. The van der Waals surface area contributed by atoms with Crippen molar-refractivity contribution in [1.29, 1.82) is 0 Å². The molecule has 1 aromatic heterocycles. The summed E-state index contributed by atoms with van der Waals surface area (Å²) in [6, 6.07) is 3.54. The Hall–Kier alpha value is -1.98. The van der Waals surface area contributed by atoms with Crippen molar-refractivity contribution in [2.75, 3.05) is 0 Å². The van der Waals surface area contributed by atoms with Crippen molar-refractivity contribution < 1.29 is 5.11 Å². The monoisotopic (exact) mass is 191 g/mol. The second-order valence-electron chi connectivity index (χ2n) is 3.08. The predicted octanol–water partition coefficient (Wildman–Crippen LogP) is 0.380. The van der Waals surface area contributed by atoms with Crippen molar-refractivity contribution in [1.82, 2.24) is 25.7 Å². The van der Waals surface area contributed by atoms with Crippen LogP contribution in [0, 0.1) is 13.8 Å². The predicted molar refractivity (Wildman–Crippen MR) is 48.1 cm³/mol. The summed E-state index contributed by atoms with van der Waals surface area (Å²) in [7, 11) is 0. The zero-order valence-electron chi connectivity index (χ0n) is 7.84. The Labute approximate surface area is 80.2 Å². The van der Waals surface area contributed by atoms with E-state index in [-0.39, 0.29) is 0 Å². The summed E-state index contributed by atoms with van der Waals surface area (Å²) < 4.78 is 0. The van der Waals surface area contributed by atoms with Gasteiger partial charge >= 0.3 is 0 Å². The van der Waals surface area contributed by atoms with E-state index in [1.54, 1.807) is 12.1 Å². The highest BCUT2D eigenvalue weighted by Crippen LogP contribution is 2.23. The molecular weight excluding hydrogens is 182 g/mol. The molecule has 1 N–H and O–H groups in total. The number of nitrogens with zero attached hydrogens (tertiary/aromatic N) is 5. The molecule has 6 nitrogen and oxygen atoms in total. The average Bonchev–Trinajstić information content (AvgIpc) is 2.66. The minimum absolute atomic E-state index is 0.293. The molecule has 0 aliphatic carbocycles. The first-order valence-corrected chi connectivity index (χ1v) is 4.10. The van der Waals surface area contributed by atoms with Crippen LogP contribution in [0.5, 0.6) is 5.75 Å². The van der Waals surface area contributed by atoms with Crippen molar-refractivity contribution in [3.8, 4) is 11.4 Å². The van der Waals surface area contributed by atoms with Crippen LogP contribution >= 0.6 is 0 Å². The Morgan fingerprint density at radius 3 is 2.07 bits per heavy atom. The fourth-order valence-corrected chi connectivity index (χ4v) is 1.28. The molecule has 0 atom stereocenters. The van der Waals surface area contributed by atoms with Gasteiger partial charge in [0.2, 0.25) is 0 Å². The van der Waals surface area contributed by atoms with Crippen LogP contribution in [0.15, 0.2) is 12.1 Å². The number of aromatic nitrogens is 5. The number of phenols is 1. The molecule has 72 valence electrons. The van der Waals surface area contributed by atoms with Crippen LogP contribution in [0.2, 0.25) is 0 Å². The zero-order chi connectivity index (χ0) is 10.1. The minimum atomic E-state index is 0.293. The fraction of sp³-hybridized carbons (Fsp3) is 0.250. The van der Waals surface area contributed by atoms with Crippen molar-refractivity contribution in [3.63, 3.8) is 0 Å². The van der Waals surface area contributed by atoms with Gasteiger partial charge in [-0.15, -0.1) is 4.80 Å². The van der Waals surface area contributed by atoms with Crippen LogP contribution in [-0.4, -0.2) is 30.8 Å². The second-order valence-corrected chi connectivity index (χ2v) is 3.08. The summed E-state index contributed by atoms with van der Waals surface area (Å²) in [4.78, 5) is 1.30. The van der Waals surface area contributed by atoms with Gasteiger partial charge in [-0.25, -0.2) is 0 Å². The smallest absolute Gasteiger partial charge is 0.121 e. The summed E-state index contributed by atoms with van der Waals surface area (Å²) in [5.74, 6) is 0.293. The van der Waals surface area contributed by atoms with Gasteiger partial charge in [-0.3, -0.25) is 0 Å². The lowest BCUT2D eigenvalue weighted by Gasteiger charge is -2.05. The molecule has 0 aliphatic rings. The molecule has 0 saturated carbocycles. The summed E-state index contributed by atoms with van der Waals surface area (Å²) in [5, 5.41) is 23.6. The van der Waals surface area contributed by atoms with E-state index in [4.69, 9.17) is 0 Å². The highest BCUT2D eigenvalue weighted by molar-refractivity contribution is 5.47. The summed E-state index contributed by atoms with van der Waals surface area (Å²) >= 11 is 0. The molecule has 6 heteroatoms. The number of hydrogen-bond acceptors (Lipinski definition) is 5. The molecule has 0 aliphatic heterocycles. The number of aryl methyl sites for hydroxylation is 2. The standard InChI is InChI=1S/C8H9N5O/c1-5-3-7(4-6(2)8(5)14)13-11-9-10-12-13/h3-4,14H,1-2H3. The third-order valence-electron chi connectivity index (χ3n) is 2.00. The maximum atomic E-state index is 9.55. The zero-order valence-corrected chi connectivity index (χ0v) is 7.84. The normalized spacial score (nSPS) is 10.4. The summed E-state index contributed by atoms with van der Waals surface area (Å²) in [6.07, 6.45) is 0. The van der Waals surface area contributed by atoms with Crippen molar-refractivity contribution in [2.24, 2.45) is 0 Å². The van der Waals surface area contributed by atoms with E-state index in [1.807, 2.05) is 13.8 Å². The Kier molecular flexibility index (Phi) is 1.88. The van der Waals surface area contributed by atoms with Crippen molar-refractivity contribution >= 4 is 0 Å². The molecule has 0 bridgehead atoms. The van der Waals surface area contributed by atoms with Gasteiger partial charge in [-0.05, 0) is 58.0 Å². The van der Waals surface area contributed by atoms with E-state index in [1.165, 1.54) is 4.80 Å². The Balaban J connectivity index is 2.57. The molecule has 0 amide bonds. The molecule has 0 saturated heterocycles. The van der Waals surface area contributed by atoms with Crippen LogP contribution < -0.4 is 0 Å². The Morgan fingerprint density at radius 1 is 1.07 bits per heavy atom. The highest BCUT2D eigenvalue weighted by atomic mass is 16.3. The Bertz CT molecular complexity index is 428. The van der Waals surface area contributed by atoms with Crippen LogP contribution in [0.25, 0.3) is 5.69 Å². The highest BCUT2D eigenvalue weighted by Gasteiger charge is 2.06. The van der Waals surface area contributed by atoms with E-state index in [0.29, 0.717) is 5.75 Å². The van der Waals surface area contributed by atoms with Gasteiger partial charge in [0, 0.05) is 0 Å². The average molecular weight is 191 g/mol. The van der Waals surface area contributed by atoms with E-state index in [2.05, 4.69) is 20.9 Å². The van der Waals surface area contributed by atoms with E-state index >= 15 is 0 Å². The van der Waals surface area contributed by atoms with E-state index in [9.17, 15) is 5.11 Å². The second kappa shape index (κ2) is 3.06. The molecule has 0 fully saturated rings. The first-order chi connectivity index (χ1) is 6.68. The van der Waals surface area contributed by atoms with Gasteiger partial charge in [0.15, 0.2) is 0 Å². The molecule has 2 rings (SSSR count). The van der Waals surface area contributed by atoms with Crippen LogP contribution in [0.3, 0.4) is 0 Å². The molecular formula is C8H9N5O. The number of hydrogen-bond donors (Lipinski definition) is 1. The SMILES string of the molecule is Cc1cc(-n2nnnn2)cc(C)c1O. The summed E-state index contributed by atoms with van der Waals surface area (Å²) in [6.45, 7) is 3.63. The van der Waals surface area contributed by atoms with Crippen molar-refractivity contribution in [3.05, 3.63) is 23.3 Å². The third-order valence-corrected chi connectivity index (χ3v) is 2.00. The largest absolute Gasteiger partial charge is 0.507 e. The molecule has 1 aromatic carbocycles. The first kappa shape index (κ1) is 8.61.